The number of rotatable bonds is 7. The molecule has 0 aliphatic heterocycles. The third-order valence-electron chi connectivity index (χ3n) is 4.47. The van der Waals surface area contributed by atoms with Crippen molar-refractivity contribution in [1.29, 1.82) is 0 Å². The van der Waals surface area contributed by atoms with E-state index in [-0.39, 0.29) is 0 Å². The summed E-state index contributed by atoms with van der Waals surface area (Å²) in [5.74, 6) is 2.08. The summed E-state index contributed by atoms with van der Waals surface area (Å²) < 4.78 is 6.07. The topological polar surface area (TPSA) is 25.2 Å². The molecule has 2 aromatic rings. The molecule has 1 heterocycles. The van der Waals surface area contributed by atoms with Gasteiger partial charge in [0.25, 0.3) is 0 Å². The number of unbranched alkanes of at least 4 members (excludes halogenated alkanes) is 1. The minimum atomic E-state index is 0.627. The zero-order valence-electron chi connectivity index (χ0n) is 12.6. The van der Waals surface area contributed by atoms with Crippen LogP contribution in [0.1, 0.15) is 50.9 Å². The van der Waals surface area contributed by atoms with Crippen LogP contribution in [-0.2, 0) is 13.0 Å². The number of nitrogens with one attached hydrogen (secondary N) is 1. The Morgan fingerprint density at radius 1 is 1.30 bits per heavy atom. The largest absolute Gasteiger partial charge is 0.461 e. The van der Waals surface area contributed by atoms with E-state index in [1.54, 1.807) is 0 Å². The van der Waals surface area contributed by atoms with Crippen molar-refractivity contribution in [3.63, 3.8) is 0 Å². The van der Waals surface area contributed by atoms with Gasteiger partial charge in [-0.15, -0.1) is 0 Å². The molecule has 1 aliphatic carbocycles. The molecule has 1 aliphatic rings. The van der Waals surface area contributed by atoms with Crippen LogP contribution in [0.4, 0.5) is 0 Å². The van der Waals surface area contributed by atoms with Gasteiger partial charge in [0.15, 0.2) is 0 Å². The maximum atomic E-state index is 6.07. The van der Waals surface area contributed by atoms with Crippen molar-refractivity contribution in [3.8, 4) is 0 Å². The van der Waals surface area contributed by atoms with Crippen LogP contribution in [0.15, 0.2) is 28.7 Å². The van der Waals surface area contributed by atoms with Crippen molar-refractivity contribution in [3.05, 3.63) is 35.6 Å². The molecule has 3 rings (SSSR count). The van der Waals surface area contributed by atoms with E-state index >= 15 is 0 Å². The number of benzene rings is 1. The van der Waals surface area contributed by atoms with Crippen molar-refractivity contribution in [1.82, 2.24) is 5.32 Å². The predicted molar refractivity (Wildman–Crippen MR) is 83.9 cm³/mol. The maximum absolute atomic E-state index is 6.07. The van der Waals surface area contributed by atoms with E-state index < -0.39 is 0 Å². The molecule has 0 spiro atoms. The molecular formula is C18H25NO. The number of para-hydroxylation sites is 1. The lowest BCUT2D eigenvalue weighted by molar-refractivity contribution is 0.482. The van der Waals surface area contributed by atoms with Gasteiger partial charge in [-0.2, -0.15) is 0 Å². The summed E-state index contributed by atoms with van der Waals surface area (Å²) in [6, 6.07) is 9.06. The summed E-state index contributed by atoms with van der Waals surface area (Å²) >= 11 is 0. The number of furan rings is 1. The van der Waals surface area contributed by atoms with E-state index in [0.717, 1.165) is 24.5 Å². The normalized spacial score (nSPS) is 16.7. The van der Waals surface area contributed by atoms with Gasteiger partial charge in [-0.25, -0.2) is 0 Å². The smallest absolute Gasteiger partial charge is 0.134 e. The fourth-order valence-corrected chi connectivity index (χ4v) is 2.91. The van der Waals surface area contributed by atoms with Gasteiger partial charge < -0.3 is 9.73 Å². The Hall–Kier alpha value is -1.28. The Morgan fingerprint density at radius 2 is 2.10 bits per heavy atom. The van der Waals surface area contributed by atoms with E-state index in [9.17, 15) is 0 Å². The molecule has 0 saturated heterocycles. The summed E-state index contributed by atoms with van der Waals surface area (Å²) in [7, 11) is 0. The second kappa shape index (κ2) is 6.01. The molecule has 1 aromatic heterocycles. The lowest BCUT2D eigenvalue weighted by atomic mass is 10.1. The monoisotopic (exact) mass is 271 g/mol. The second-order valence-electron chi connectivity index (χ2n) is 6.11. The van der Waals surface area contributed by atoms with Gasteiger partial charge in [-0.3, -0.25) is 0 Å². The minimum absolute atomic E-state index is 0.627. The average molecular weight is 271 g/mol. The molecule has 1 aromatic carbocycles. The zero-order chi connectivity index (χ0) is 13.9. The zero-order valence-corrected chi connectivity index (χ0v) is 12.6. The van der Waals surface area contributed by atoms with Gasteiger partial charge in [-0.05, 0) is 38.2 Å². The fourth-order valence-electron chi connectivity index (χ4n) is 2.91. The van der Waals surface area contributed by atoms with Crippen molar-refractivity contribution in [2.45, 2.75) is 58.5 Å². The first-order valence-electron chi connectivity index (χ1n) is 8.02. The van der Waals surface area contributed by atoms with Crippen LogP contribution < -0.4 is 5.32 Å². The highest BCUT2D eigenvalue weighted by molar-refractivity contribution is 5.82. The highest BCUT2D eigenvalue weighted by atomic mass is 16.3. The van der Waals surface area contributed by atoms with Crippen LogP contribution in [-0.4, -0.2) is 6.04 Å². The van der Waals surface area contributed by atoms with Gasteiger partial charge in [0.2, 0.25) is 0 Å². The Morgan fingerprint density at radius 3 is 2.85 bits per heavy atom. The van der Waals surface area contributed by atoms with Crippen molar-refractivity contribution in [2.24, 2.45) is 5.92 Å². The highest BCUT2D eigenvalue weighted by Gasteiger charge is 2.27. The lowest BCUT2D eigenvalue weighted by Gasteiger charge is -2.12. The summed E-state index contributed by atoms with van der Waals surface area (Å²) in [6.45, 7) is 5.48. The SMILES string of the molecule is CCCCc1oc2ccccc2c1CNC(C)C1CC1. The van der Waals surface area contributed by atoms with Crippen molar-refractivity contribution >= 4 is 11.0 Å². The van der Waals surface area contributed by atoms with Crippen LogP contribution >= 0.6 is 0 Å². The van der Waals surface area contributed by atoms with E-state index in [4.69, 9.17) is 4.42 Å². The summed E-state index contributed by atoms with van der Waals surface area (Å²) in [5.41, 5.74) is 2.41. The molecule has 1 unspecified atom stereocenters. The Bertz CT molecular complexity index is 568. The van der Waals surface area contributed by atoms with Crippen LogP contribution in [0, 0.1) is 5.92 Å². The van der Waals surface area contributed by atoms with E-state index in [1.165, 1.54) is 42.4 Å². The summed E-state index contributed by atoms with van der Waals surface area (Å²) in [6.07, 6.45) is 6.25. The number of hydrogen-bond donors (Lipinski definition) is 1. The van der Waals surface area contributed by atoms with Crippen LogP contribution in [0.5, 0.6) is 0 Å². The molecule has 1 N–H and O–H groups in total. The molecule has 1 fully saturated rings. The Labute approximate surface area is 121 Å². The van der Waals surface area contributed by atoms with Crippen LogP contribution in [0.3, 0.4) is 0 Å². The first kappa shape index (κ1) is 13.7. The van der Waals surface area contributed by atoms with Gasteiger partial charge in [-0.1, -0.05) is 31.5 Å². The molecule has 1 saturated carbocycles. The summed E-state index contributed by atoms with van der Waals surface area (Å²) in [4.78, 5) is 0. The van der Waals surface area contributed by atoms with Gasteiger partial charge in [0.05, 0.1) is 0 Å². The molecule has 0 bridgehead atoms. The minimum Gasteiger partial charge on any atom is -0.461 e. The van der Waals surface area contributed by atoms with E-state index in [2.05, 4.69) is 43.4 Å². The molecule has 2 heteroatoms. The number of hydrogen-bond acceptors (Lipinski definition) is 2. The lowest BCUT2D eigenvalue weighted by Crippen LogP contribution is -2.27. The van der Waals surface area contributed by atoms with Crippen molar-refractivity contribution < 1.29 is 4.42 Å². The van der Waals surface area contributed by atoms with Gasteiger partial charge >= 0.3 is 0 Å². The Balaban J connectivity index is 1.81. The molecule has 0 amide bonds. The third kappa shape index (κ3) is 2.90. The Kier molecular flexibility index (Phi) is 4.11. The van der Waals surface area contributed by atoms with E-state index in [1.807, 2.05) is 0 Å². The van der Waals surface area contributed by atoms with E-state index in [0.29, 0.717) is 6.04 Å². The summed E-state index contributed by atoms with van der Waals surface area (Å²) in [5, 5.41) is 4.98. The third-order valence-corrected chi connectivity index (χ3v) is 4.47. The van der Waals surface area contributed by atoms with Crippen LogP contribution in [0.2, 0.25) is 0 Å². The fraction of sp³-hybridized carbons (Fsp3) is 0.556. The number of aryl methyl sites for hydroxylation is 1. The molecule has 108 valence electrons. The second-order valence-corrected chi connectivity index (χ2v) is 6.11. The molecule has 1 atom stereocenters. The van der Waals surface area contributed by atoms with Gasteiger partial charge in [0, 0.05) is 30.0 Å². The van der Waals surface area contributed by atoms with Gasteiger partial charge in [0.1, 0.15) is 11.3 Å². The molecule has 0 radical (unpaired) electrons. The average Bonchev–Trinajstić information content (AvgIpc) is 3.25. The first-order chi connectivity index (χ1) is 9.79. The number of fused-ring (bicyclic) bond motifs is 1. The maximum Gasteiger partial charge on any atom is 0.134 e. The van der Waals surface area contributed by atoms with Crippen LogP contribution in [0.25, 0.3) is 11.0 Å². The predicted octanol–water partition coefficient (Wildman–Crippen LogP) is 4.66. The quantitative estimate of drug-likeness (QED) is 0.792. The molecule has 2 nitrogen and oxygen atoms in total. The van der Waals surface area contributed by atoms with Crippen molar-refractivity contribution in [2.75, 3.05) is 0 Å². The molecule has 20 heavy (non-hydrogen) atoms. The highest BCUT2D eigenvalue weighted by Crippen LogP contribution is 2.33. The molecular weight excluding hydrogens is 246 g/mol. The first-order valence-corrected chi connectivity index (χ1v) is 8.02. The standard InChI is InChI=1S/C18H25NO/c1-3-4-8-18-16(12-19-13(2)14-10-11-14)15-7-5-6-9-17(15)20-18/h5-7,9,13-14,19H,3-4,8,10-12H2,1-2H3.